The van der Waals surface area contributed by atoms with Crippen molar-refractivity contribution >= 4 is 11.9 Å². The van der Waals surface area contributed by atoms with Crippen LogP contribution in [0.25, 0.3) is 0 Å². The van der Waals surface area contributed by atoms with E-state index in [9.17, 15) is 14.0 Å². The summed E-state index contributed by atoms with van der Waals surface area (Å²) in [5.74, 6) is -1.59. The summed E-state index contributed by atoms with van der Waals surface area (Å²) in [6, 6.07) is 4.88. The number of carbonyl (C=O) groups is 2. The van der Waals surface area contributed by atoms with Crippen LogP contribution < -0.4 is 10.6 Å². The molecular weight excluding hydrogens is 275 g/mol. The second kappa shape index (κ2) is 8.36. The van der Waals surface area contributed by atoms with Gasteiger partial charge in [-0.1, -0.05) is 25.5 Å². The Morgan fingerprint density at radius 2 is 1.90 bits per heavy atom. The normalized spacial score (nSPS) is 13.5. The number of amides is 1. The smallest absolute Gasteiger partial charge is 0.320 e. The van der Waals surface area contributed by atoms with Crippen LogP contribution in [0.1, 0.15) is 38.3 Å². The summed E-state index contributed by atoms with van der Waals surface area (Å²) in [5, 5.41) is 14.4. The number of benzene rings is 1. The molecule has 0 aliphatic heterocycles. The van der Waals surface area contributed by atoms with Crippen molar-refractivity contribution < 1.29 is 19.1 Å². The molecule has 5 nitrogen and oxygen atoms in total. The fraction of sp³-hybridized carbons (Fsp3) is 0.467. The molecule has 2 atom stereocenters. The first-order valence-corrected chi connectivity index (χ1v) is 6.95. The maximum Gasteiger partial charge on any atom is 0.320 e. The number of carbonyl (C=O) groups excluding carboxylic acids is 1. The largest absolute Gasteiger partial charge is 0.480 e. The van der Waals surface area contributed by atoms with Crippen LogP contribution in [-0.4, -0.2) is 29.6 Å². The minimum Gasteiger partial charge on any atom is -0.480 e. The fourth-order valence-corrected chi connectivity index (χ4v) is 1.94. The van der Waals surface area contributed by atoms with Crippen LogP contribution in [0, 0.1) is 5.82 Å². The lowest BCUT2D eigenvalue weighted by Gasteiger charge is -2.17. The Morgan fingerprint density at radius 3 is 2.43 bits per heavy atom. The summed E-state index contributed by atoms with van der Waals surface area (Å²) in [7, 11) is 0. The topological polar surface area (TPSA) is 78.4 Å². The molecule has 0 heterocycles. The number of halogens is 1. The molecule has 116 valence electrons. The number of aliphatic carboxylic acids is 1. The van der Waals surface area contributed by atoms with E-state index in [2.05, 4.69) is 10.6 Å². The van der Waals surface area contributed by atoms with Crippen molar-refractivity contribution in [1.29, 1.82) is 0 Å². The van der Waals surface area contributed by atoms with E-state index in [-0.39, 0.29) is 24.3 Å². The van der Waals surface area contributed by atoms with E-state index in [1.807, 2.05) is 6.92 Å². The number of carboxylic acid groups (broad SMARTS) is 1. The van der Waals surface area contributed by atoms with Crippen LogP contribution in [0.2, 0.25) is 0 Å². The number of hydrogen-bond acceptors (Lipinski definition) is 3. The predicted octanol–water partition coefficient (Wildman–Crippen LogP) is 1.85. The third-order valence-corrected chi connectivity index (χ3v) is 3.13. The first-order valence-electron chi connectivity index (χ1n) is 6.95. The zero-order valence-electron chi connectivity index (χ0n) is 12.2. The Hall–Kier alpha value is -1.95. The van der Waals surface area contributed by atoms with Gasteiger partial charge in [-0.3, -0.25) is 14.9 Å². The molecule has 1 rings (SSSR count). The van der Waals surface area contributed by atoms with Gasteiger partial charge in [0, 0.05) is 0 Å². The van der Waals surface area contributed by atoms with Gasteiger partial charge in [0.05, 0.1) is 12.6 Å². The van der Waals surface area contributed by atoms with Crippen molar-refractivity contribution in [3.8, 4) is 0 Å². The van der Waals surface area contributed by atoms with Gasteiger partial charge in [-0.05, 0) is 31.0 Å². The third kappa shape index (κ3) is 5.91. The van der Waals surface area contributed by atoms with E-state index in [0.717, 1.165) is 12.0 Å². The lowest BCUT2D eigenvalue weighted by atomic mass is 10.1. The van der Waals surface area contributed by atoms with E-state index in [1.165, 1.54) is 12.1 Å². The number of nitrogens with one attached hydrogen (secondary N) is 2. The van der Waals surface area contributed by atoms with E-state index in [1.54, 1.807) is 19.1 Å². The molecule has 3 N–H and O–H groups in total. The SMILES string of the molecule is CCCC(NCC(=O)NC(C)c1ccc(F)cc1)C(=O)O. The third-order valence-electron chi connectivity index (χ3n) is 3.13. The second-order valence-electron chi connectivity index (χ2n) is 4.90. The van der Waals surface area contributed by atoms with Crippen molar-refractivity contribution in [1.82, 2.24) is 10.6 Å². The van der Waals surface area contributed by atoms with Gasteiger partial charge < -0.3 is 10.4 Å². The molecule has 0 saturated heterocycles. The highest BCUT2D eigenvalue weighted by Gasteiger charge is 2.17. The Kier molecular flexibility index (Phi) is 6.81. The maximum atomic E-state index is 12.8. The highest BCUT2D eigenvalue weighted by atomic mass is 19.1. The molecule has 0 radical (unpaired) electrons. The van der Waals surface area contributed by atoms with E-state index in [4.69, 9.17) is 5.11 Å². The highest BCUT2D eigenvalue weighted by Crippen LogP contribution is 2.12. The lowest BCUT2D eigenvalue weighted by Crippen LogP contribution is -2.43. The Balaban J connectivity index is 2.45. The first kappa shape index (κ1) is 17.1. The van der Waals surface area contributed by atoms with Crippen molar-refractivity contribution in [3.05, 3.63) is 35.6 Å². The van der Waals surface area contributed by atoms with Crippen molar-refractivity contribution in [2.75, 3.05) is 6.54 Å². The molecule has 0 bridgehead atoms. The van der Waals surface area contributed by atoms with Crippen LogP contribution in [0.15, 0.2) is 24.3 Å². The molecule has 1 aromatic carbocycles. The number of carboxylic acids is 1. The Morgan fingerprint density at radius 1 is 1.29 bits per heavy atom. The standard InChI is InChI=1S/C15H21FN2O3/c1-3-4-13(15(20)21)17-9-14(19)18-10(2)11-5-7-12(16)8-6-11/h5-8,10,13,17H,3-4,9H2,1-2H3,(H,18,19)(H,20,21). The van der Waals surface area contributed by atoms with E-state index >= 15 is 0 Å². The minimum absolute atomic E-state index is 0.0670. The quantitative estimate of drug-likeness (QED) is 0.684. The van der Waals surface area contributed by atoms with E-state index in [0.29, 0.717) is 6.42 Å². The average molecular weight is 296 g/mol. The molecule has 21 heavy (non-hydrogen) atoms. The maximum absolute atomic E-state index is 12.8. The Bertz CT molecular complexity index is 476. The van der Waals surface area contributed by atoms with Crippen LogP contribution in [0.4, 0.5) is 4.39 Å². The summed E-state index contributed by atoms with van der Waals surface area (Å²) in [6.45, 7) is 3.60. The summed E-state index contributed by atoms with van der Waals surface area (Å²) in [6.07, 6.45) is 1.19. The van der Waals surface area contributed by atoms with Crippen LogP contribution in [0.3, 0.4) is 0 Å². The predicted molar refractivity (Wildman–Crippen MR) is 77.3 cm³/mol. The molecule has 0 spiro atoms. The first-order chi connectivity index (χ1) is 9.93. The molecule has 1 amide bonds. The van der Waals surface area contributed by atoms with Gasteiger partial charge in [0.2, 0.25) is 5.91 Å². The van der Waals surface area contributed by atoms with Crippen LogP contribution in [-0.2, 0) is 9.59 Å². The van der Waals surface area contributed by atoms with Gasteiger partial charge in [0.1, 0.15) is 11.9 Å². The summed E-state index contributed by atoms with van der Waals surface area (Å²) in [5.41, 5.74) is 0.785. The summed E-state index contributed by atoms with van der Waals surface area (Å²) >= 11 is 0. The zero-order chi connectivity index (χ0) is 15.8. The molecule has 6 heteroatoms. The zero-order valence-corrected chi connectivity index (χ0v) is 12.2. The van der Waals surface area contributed by atoms with Crippen LogP contribution >= 0.6 is 0 Å². The molecule has 0 saturated carbocycles. The van der Waals surface area contributed by atoms with Gasteiger partial charge in [-0.25, -0.2) is 4.39 Å². The van der Waals surface area contributed by atoms with Gasteiger partial charge >= 0.3 is 5.97 Å². The van der Waals surface area contributed by atoms with Gasteiger partial charge in [-0.2, -0.15) is 0 Å². The van der Waals surface area contributed by atoms with Crippen molar-refractivity contribution in [3.63, 3.8) is 0 Å². The second-order valence-corrected chi connectivity index (χ2v) is 4.90. The average Bonchev–Trinajstić information content (AvgIpc) is 2.43. The number of hydrogen-bond donors (Lipinski definition) is 3. The molecule has 0 aromatic heterocycles. The lowest BCUT2D eigenvalue weighted by molar-refractivity contribution is -0.139. The summed E-state index contributed by atoms with van der Waals surface area (Å²) < 4.78 is 12.8. The highest BCUT2D eigenvalue weighted by molar-refractivity contribution is 5.80. The monoisotopic (exact) mass is 296 g/mol. The van der Waals surface area contributed by atoms with Crippen LogP contribution in [0.5, 0.6) is 0 Å². The molecule has 1 aromatic rings. The van der Waals surface area contributed by atoms with Gasteiger partial charge in [0.15, 0.2) is 0 Å². The van der Waals surface area contributed by atoms with Gasteiger partial charge in [-0.15, -0.1) is 0 Å². The molecule has 0 aliphatic rings. The van der Waals surface area contributed by atoms with E-state index < -0.39 is 12.0 Å². The van der Waals surface area contributed by atoms with Crippen molar-refractivity contribution in [2.45, 2.75) is 38.8 Å². The fourth-order valence-electron chi connectivity index (χ4n) is 1.94. The number of rotatable bonds is 8. The van der Waals surface area contributed by atoms with Gasteiger partial charge in [0.25, 0.3) is 0 Å². The van der Waals surface area contributed by atoms with Crippen molar-refractivity contribution in [2.24, 2.45) is 0 Å². The molecular formula is C15H21FN2O3. The molecule has 0 aliphatic carbocycles. The minimum atomic E-state index is -0.962. The summed E-state index contributed by atoms with van der Waals surface area (Å²) in [4.78, 5) is 22.7. The Labute approximate surface area is 123 Å². The molecule has 2 unspecified atom stereocenters. The molecule has 0 fully saturated rings.